The zero-order valence-corrected chi connectivity index (χ0v) is 14.0. The van der Waals surface area contributed by atoms with Crippen molar-refractivity contribution >= 4 is 32.8 Å². The molecule has 0 saturated carbocycles. The van der Waals surface area contributed by atoms with Crippen molar-refractivity contribution in [3.63, 3.8) is 0 Å². The van der Waals surface area contributed by atoms with E-state index in [2.05, 4.69) is 13.5 Å². The first-order valence-electron chi connectivity index (χ1n) is 7.23. The number of benzene rings is 2. The lowest BCUT2D eigenvalue weighted by Gasteiger charge is -2.26. The lowest BCUT2D eigenvalue weighted by molar-refractivity contribution is 0.0943. The summed E-state index contributed by atoms with van der Waals surface area (Å²) in [5, 5.41) is 0. The monoisotopic (exact) mass is 363 g/mol. The van der Waals surface area contributed by atoms with Crippen LogP contribution in [0.1, 0.15) is 0 Å². The zero-order chi connectivity index (χ0) is 16.6. The summed E-state index contributed by atoms with van der Waals surface area (Å²) in [5.41, 5.74) is 0.940. The summed E-state index contributed by atoms with van der Waals surface area (Å²) in [7, 11) is -3.71. The summed E-state index contributed by atoms with van der Waals surface area (Å²) >= 11 is 0.985. The maximum absolute atomic E-state index is 12.6. The van der Waals surface area contributed by atoms with Gasteiger partial charge in [-0.15, -0.1) is 0 Å². The van der Waals surface area contributed by atoms with Crippen LogP contribution in [0.15, 0.2) is 47.4 Å². The van der Waals surface area contributed by atoms with E-state index in [0.717, 1.165) is 11.7 Å². The van der Waals surface area contributed by atoms with E-state index in [9.17, 15) is 8.42 Å². The lowest BCUT2D eigenvalue weighted by atomic mass is 10.2. The van der Waals surface area contributed by atoms with Gasteiger partial charge in [0.2, 0.25) is 10.0 Å². The van der Waals surface area contributed by atoms with Gasteiger partial charge in [-0.25, -0.2) is 13.1 Å². The average Bonchev–Trinajstić information content (AvgIpc) is 3.08. The molecule has 0 radical (unpaired) electrons. The van der Waals surface area contributed by atoms with Crippen LogP contribution in [0.25, 0.3) is 11.0 Å². The Morgan fingerprint density at radius 2 is 1.96 bits per heavy atom. The quantitative estimate of drug-likeness (QED) is 0.760. The van der Waals surface area contributed by atoms with Crippen molar-refractivity contribution in [2.75, 3.05) is 13.2 Å². The number of rotatable bonds is 4. The van der Waals surface area contributed by atoms with Gasteiger partial charge in [-0.2, -0.15) is 8.75 Å². The molecule has 24 heavy (non-hydrogen) atoms. The molecule has 0 aliphatic carbocycles. The fraction of sp³-hybridized carbons (Fsp3) is 0.200. The van der Waals surface area contributed by atoms with Gasteiger partial charge in [-0.1, -0.05) is 18.2 Å². The molecule has 9 heteroatoms. The van der Waals surface area contributed by atoms with E-state index in [1.54, 1.807) is 18.2 Å². The summed E-state index contributed by atoms with van der Waals surface area (Å²) < 4.78 is 47.2. The number of hydrogen-bond donors (Lipinski definition) is 1. The number of sulfonamides is 1. The summed E-state index contributed by atoms with van der Waals surface area (Å²) in [6.07, 6.45) is -0.401. The molecule has 124 valence electrons. The Bertz CT molecular complexity index is 987. The number of fused-ring (bicyclic) bond motifs is 2. The first kappa shape index (κ1) is 15.3. The van der Waals surface area contributed by atoms with E-state index < -0.39 is 16.1 Å². The fourth-order valence-corrected chi connectivity index (χ4v) is 4.27. The van der Waals surface area contributed by atoms with Gasteiger partial charge in [-0.3, -0.25) is 0 Å². The SMILES string of the molecule is O=S(=O)(NCC1COc2ccccc2O1)c1cccc2nsnc12. The van der Waals surface area contributed by atoms with Crippen LogP contribution >= 0.6 is 11.7 Å². The number of ether oxygens (including phenoxy) is 2. The number of nitrogens with zero attached hydrogens (tertiary/aromatic N) is 2. The molecule has 0 spiro atoms. The van der Waals surface area contributed by atoms with E-state index in [1.165, 1.54) is 6.07 Å². The molecule has 0 fully saturated rings. The van der Waals surface area contributed by atoms with Gasteiger partial charge in [0.05, 0.1) is 18.3 Å². The molecule has 0 amide bonds. The van der Waals surface area contributed by atoms with Crippen LogP contribution in [0.5, 0.6) is 11.5 Å². The van der Waals surface area contributed by atoms with E-state index in [1.807, 2.05) is 18.2 Å². The predicted octanol–water partition coefficient (Wildman–Crippen LogP) is 1.81. The molecular formula is C15H13N3O4S2. The fourth-order valence-electron chi connectivity index (χ4n) is 2.44. The number of aromatic nitrogens is 2. The van der Waals surface area contributed by atoms with Crippen LogP contribution in [0.3, 0.4) is 0 Å². The molecule has 0 bridgehead atoms. The van der Waals surface area contributed by atoms with Gasteiger partial charge in [0, 0.05) is 0 Å². The minimum absolute atomic E-state index is 0.102. The zero-order valence-electron chi connectivity index (χ0n) is 12.4. The van der Waals surface area contributed by atoms with Crippen molar-refractivity contribution in [2.45, 2.75) is 11.0 Å². The highest BCUT2D eigenvalue weighted by Crippen LogP contribution is 2.30. The van der Waals surface area contributed by atoms with Gasteiger partial charge in [0.1, 0.15) is 28.6 Å². The molecule has 2 heterocycles. The van der Waals surface area contributed by atoms with Crippen LogP contribution in [0.2, 0.25) is 0 Å². The maximum Gasteiger partial charge on any atom is 0.242 e. The highest BCUT2D eigenvalue weighted by atomic mass is 32.2. The Labute approximate surface area is 142 Å². The highest BCUT2D eigenvalue weighted by Gasteiger charge is 2.25. The second kappa shape index (κ2) is 6.00. The van der Waals surface area contributed by atoms with Gasteiger partial charge >= 0.3 is 0 Å². The standard InChI is InChI=1S/C15H13N3O4S2/c19-24(20,14-7-3-4-11-15(14)18-23-17-11)16-8-10-9-21-12-5-1-2-6-13(12)22-10/h1-7,10,16H,8-9H2. The Hall–Kier alpha value is -2.23. The molecule has 3 aromatic rings. The molecule has 1 unspecified atom stereocenters. The molecule has 1 atom stereocenters. The van der Waals surface area contributed by atoms with Crippen LogP contribution < -0.4 is 14.2 Å². The van der Waals surface area contributed by atoms with Gasteiger partial charge in [0.15, 0.2) is 11.5 Å². The van der Waals surface area contributed by atoms with E-state index >= 15 is 0 Å². The van der Waals surface area contributed by atoms with Crippen molar-refractivity contribution in [1.29, 1.82) is 0 Å². The molecule has 2 aromatic carbocycles. The Morgan fingerprint density at radius 1 is 1.12 bits per heavy atom. The van der Waals surface area contributed by atoms with Crippen molar-refractivity contribution in [3.8, 4) is 11.5 Å². The topological polar surface area (TPSA) is 90.4 Å². The average molecular weight is 363 g/mol. The van der Waals surface area contributed by atoms with E-state index in [4.69, 9.17) is 9.47 Å². The van der Waals surface area contributed by atoms with E-state index in [-0.39, 0.29) is 18.0 Å². The van der Waals surface area contributed by atoms with Crippen molar-refractivity contribution in [1.82, 2.24) is 13.5 Å². The smallest absolute Gasteiger partial charge is 0.242 e. The van der Waals surface area contributed by atoms with Crippen molar-refractivity contribution in [2.24, 2.45) is 0 Å². The number of hydrogen-bond acceptors (Lipinski definition) is 7. The number of para-hydroxylation sites is 2. The summed E-state index contributed by atoms with van der Waals surface area (Å²) in [6.45, 7) is 0.382. The third-order valence-electron chi connectivity index (χ3n) is 3.61. The van der Waals surface area contributed by atoms with Gasteiger partial charge < -0.3 is 9.47 Å². The number of nitrogens with one attached hydrogen (secondary N) is 1. The van der Waals surface area contributed by atoms with Crippen LogP contribution in [-0.2, 0) is 10.0 Å². The highest BCUT2D eigenvalue weighted by molar-refractivity contribution is 7.89. The Kier molecular flexibility index (Phi) is 3.83. The van der Waals surface area contributed by atoms with E-state index in [0.29, 0.717) is 22.5 Å². The van der Waals surface area contributed by atoms with Gasteiger partial charge in [-0.05, 0) is 24.3 Å². The molecule has 1 N–H and O–H groups in total. The van der Waals surface area contributed by atoms with Gasteiger partial charge in [0.25, 0.3) is 0 Å². The second-order valence-electron chi connectivity index (χ2n) is 5.24. The normalized spacial score (nSPS) is 17.1. The van der Waals surface area contributed by atoms with Crippen molar-refractivity contribution in [3.05, 3.63) is 42.5 Å². The first-order chi connectivity index (χ1) is 11.6. The molecule has 0 saturated heterocycles. The minimum Gasteiger partial charge on any atom is -0.486 e. The molecule has 4 rings (SSSR count). The van der Waals surface area contributed by atoms with Crippen molar-refractivity contribution < 1.29 is 17.9 Å². The molecule has 1 aliphatic rings. The van der Waals surface area contributed by atoms with Crippen LogP contribution in [-0.4, -0.2) is 36.4 Å². The lowest BCUT2D eigenvalue weighted by Crippen LogP contribution is -2.40. The largest absolute Gasteiger partial charge is 0.486 e. The Balaban J connectivity index is 1.51. The maximum atomic E-state index is 12.6. The third kappa shape index (κ3) is 2.81. The van der Waals surface area contributed by atoms with Crippen LogP contribution in [0.4, 0.5) is 0 Å². The molecule has 1 aliphatic heterocycles. The molecule has 1 aromatic heterocycles. The summed E-state index contributed by atoms with van der Waals surface area (Å²) in [4.78, 5) is 0.117. The second-order valence-corrected chi connectivity index (χ2v) is 7.50. The summed E-state index contributed by atoms with van der Waals surface area (Å²) in [6, 6.07) is 12.2. The molecule has 7 nitrogen and oxygen atoms in total. The Morgan fingerprint density at radius 3 is 2.83 bits per heavy atom. The third-order valence-corrected chi connectivity index (χ3v) is 5.60. The molecular weight excluding hydrogens is 350 g/mol. The first-order valence-corrected chi connectivity index (χ1v) is 9.44. The van der Waals surface area contributed by atoms with Crippen LogP contribution in [0, 0.1) is 0 Å². The summed E-state index contributed by atoms with van der Waals surface area (Å²) in [5.74, 6) is 1.27. The minimum atomic E-state index is -3.71. The predicted molar refractivity (Wildman–Crippen MR) is 89.0 cm³/mol.